The van der Waals surface area contributed by atoms with Crippen LogP contribution in [0.2, 0.25) is 0 Å². The zero-order chi connectivity index (χ0) is 23.6. The number of esters is 1. The number of amides is 2. The van der Waals surface area contributed by atoms with Gasteiger partial charge in [-0.25, -0.2) is 0 Å². The van der Waals surface area contributed by atoms with E-state index < -0.39 is 18.0 Å². The van der Waals surface area contributed by atoms with Gasteiger partial charge in [-0.1, -0.05) is 60.7 Å². The average Bonchev–Trinajstić information content (AvgIpc) is 2.83. The van der Waals surface area contributed by atoms with E-state index in [1.54, 1.807) is 30.3 Å². The molecule has 170 valence electrons. The van der Waals surface area contributed by atoms with Crippen LogP contribution in [0, 0.1) is 0 Å². The smallest absolute Gasteiger partial charge is 0.308 e. The number of hydrogen-bond acceptors (Lipinski definition) is 5. The molecule has 0 aliphatic rings. The molecule has 0 saturated heterocycles. The molecule has 0 fully saturated rings. The Morgan fingerprint density at radius 2 is 1.52 bits per heavy atom. The van der Waals surface area contributed by atoms with Crippen LogP contribution in [-0.4, -0.2) is 36.2 Å². The summed E-state index contributed by atoms with van der Waals surface area (Å²) in [6.07, 6.45) is -0.936. The van der Waals surface area contributed by atoms with Crippen LogP contribution in [0.3, 0.4) is 0 Å². The zero-order valence-electron chi connectivity index (χ0n) is 18.4. The molecule has 3 rings (SSSR count). The van der Waals surface area contributed by atoms with Gasteiger partial charge in [0.2, 0.25) is 5.91 Å². The lowest BCUT2D eigenvalue weighted by Gasteiger charge is -2.14. The number of ether oxygens (including phenoxy) is 1. The molecule has 0 unspecified atom stereocenters. The van der Waals surface area contributed by atoms with Gasteiger partial charge in [-0.2, -0.15) is 0 Å². The van der Waals surface area contributed by atoms with Gasteiger partial charge in [-0.15, -0.1) is 0 Å². The number of ketones is 1. The van der Waals surface area contributed by atoms with Crippen LogP contribution < -0.4 is 10.6 Å². The quantitative estimate of drug-likeness (QED) is 0.364. The number of anilines is 1. The number of Topliss-reactive ketones (excluding diaryl/α,β-unsaturated/α-hetero) is 1. The maximum Gasteiger partial charge on any atom is 0.308 e. The molecule has 2 amide bonds. The van der Waals surface area contributed by atoms with E-state index in [2.05, 4.69) is 10.6 Å². The number of nitrogens with one attached hydrogen (secondary N) is 2. The molecule has 2 N–H and O–H groups in total. The van der Waals surface area contributed by atoms with Gasteiger partial charge in [0.05, 0.1) is 6.42 Å². The topological polar surface area (TPSA) is 102 Å². The molecule has 33 heavy (non-hydrogen) atoms. The Balaban J connectivity index is 1.35. The predicted molar refractivity (Wildman–Crippen MR) is 126 cm³/mol. The van der Waals surface area contributed by atoms with Crippen molar-refractivity contribution in [2.75, 3.05) is 11.9 Å². The molecule has 0 saturated carbocycles. The first kappa shape index (κ1) is 23.7. The lowest BCUT2D eigenvalue weighted by molar-refractivity contribution is -0.153. The van der Waals surface area contributed by atoms with Gasteiger partial charge in [0.15, 0.2) is 11.9 Å². The van der Waals surface area contributed by atoms with Crippen molar-refractivity contribution in [1.29, 1.82) is 0 Å². The third kappa shape index (κ3) is 7.28. The lowest BCUT2D eigenvalue weighted by Crippen LogP contribution is -2.32. The van der Waals surface area contributed by atoms with E-state index >= 15 is 0 Å². The summed E-state index contributed by atoms with van der Waals surface area (Å²) in [6.45, 7) is 1.55. The highest BCUT2D eigenvalue weighted by Gasteiger charge is 2.18. The Bertz CT molecular complexity index is 1140. The molecule has 7 nitrogen and oxygen atoms in total. The molecular formula is C26H26N2O5. The predicted octanol–water partition coefficient (Wildman–Crippen LogP) is 3.88. The fraction of sp³-hybridized carbons (Fsp3) is 0.231. The molecule has 1 atom stereocenters. The number of carbonyl (C=O) groups excluding carboxylic acids is 4. The number of rotatable bonds is 10. The van der Waals surface area contributed by atoms with Crippen molar-refractivity contribution < 1.29 is 23.9 Å². The molecule has 3 aromatic rings. The molecule has 7 heteroatoms. The Morgan fingerprint density at radius 1 is 0.818 bits per heavy atom. The second-order valence-corrected chi connectivity index (χ2v) is 7.57. The summed E-state index contributed by atoms with van der Waals surface area (Å²) < 4.78 is 5.15. The molecule has 0 heterocycles. The molecule has 0 bridgehead atoms. The summed E-state index contributed by atoms with van der Waals surface area (Å²) in [5.41, 5.74) is 1.17. The van der Waals surface area contributed by atoms with Crippen LogP contribution >= 0.6 is 0 Å². The summed E-state index contributed by atoms with van der Waals surface area (Å²) in [5, 5.41) is 7.37. The first-order valence-corrected chi connectivity index (χ1v) is 10.8. The summed E-state index contributed by atoms with van der Waals surface area (Å²) in [6, 6.07) is 22.1. The van der Waals surface area contributed by atoms with Crippen molar-refractivity contribution in [2.24, 2.45) is 0 Å². The van der Waals surface area contributed by atoms with Crippen LogP contribution in [0.5, 0.6) is 0 Å². The van der Waals surface area contributed by atoms with Gasteiger partial charge in [0.25, 0.3) is 5.91 Å². The summed E-state index contributed by atoms with van der Waals surface area (Å²) in [4.78, 5) is 48.3. The van der Waals surface area contributed by atoms with E-state index in [4.69, 9.17) is 4.74 Å². The molecule has 0 spiro atoms. The first-order valence-electron chi connectivity index (χ1n) is 10.8. The van der Waals surface area contributed by atoms with E-state index in [-0.39, 0.29) is 37.5 Å². The third-order valence-electron chi connectivity index (χ3n) is 5.02. The van der Waals surface area contributed by atoms with E-state index in [1.165, 1.54) is 6.92 Å². The van der Waals surface area contributed by atoms with Gasteiger partial charge >= 0.3 is 5.97 Å². The largest absolute Gasteiger partial charge is 0.452 e. The summed E-state index contributed by atoms with van der Waals surface area (Å²) >= 11 is 0. The fourth-order valence-electron chi connectivity index (χ4n) is 3.21. The minimum absolute atomic E-state index is 0.0351. The first-order chi connectivity index (χ1) is 15.9. The highest BCUT2D eigenvalue weighted by Crippen LogP contribution is 2.19. The number of hydrogen-bond donors (Lipinski definition) is 2. The van der Waals surface area contributed by atoms with Crippen LogP contribution in [-0.2, 0) is 19.1 Å². The highest BCUT2D eigenvalue weighted by atomic mass is 16.5. The Kier molecular flexibility index (Phi) is 8.30. The summed E-state index contributed by atoms with van der Waals surface area (Å²) in [7, 11) is 0. The molecule has 0 aromatic heterocycles. The van der Waals surface area contributed by atoms with E-state index in [0.29, 0.717) is 11.3 Å². The normalized spacial score (nSPS) is 11.4. The van der Waals surface area contributed by atoms with E-state index in [1.807, 2.05) is 42.5 Å². The van der Waals surface area contributed by atoms with Gasteiger partial charge < -0.3 is 15.4 Å². The minimum atomic E-state index is -0.983. The van der Waals surface area contributed by atoms with E-state index in [0.717, 1.165) is 10.8 Å². The van der Waals surface area contributed by atoms with Crippen molar-refractivity contribution >= 4 is 40.0 Å². The molecule has 0 aliphatic carbocycles. The highest BCUT2D eigenvalue weighted by molar-refractivity contribution is 5.98. The molecule has 3 aromatic carbocycles. The average molecular weight is 447 g/mol. The fourth-order valence-corrected chi connectivity index (χ4v) is 3.21. The van der Waals surface area contributed by atoms with Crippen LogP contribution in [0.15, 0.2) is 72.8 Å². The molecule has 0 aliphatic heterocycles. The second kappa shape index (κ2) is 11.6. The van der Waals surface area contributed by atoms with Gasteiger partial charge in [-0.05, 0) is 29.8 Å². The standard InChI is InChI=1S/C26H26N2O5/c1-18(26(32)28-22-12-11-19-7-5-6-10-21(19)17-22)33-25(31)15-16-27-24(30)14-13-23(29)20-8-3-2-4-9-20/h2-12,17-18H,13-16H2,1H3,(H,27,30)(H,28,32)/t18-/m1/s1. The Labute approximate surface area is 192 Å². The van der Waals surface area contributed by atoms with Crippen LogP contribution in [0.4, 0.5) is 5.69 Å². The van der Waals surface area contributed by atoms with Gasteiger partial charge in [0.1, 0.15) is 0 Å². The van der Waals surface area contributed by atoms with Crippen molar-refractivity contribution in [3.05, 3.63) is 78.4 Å². The van der Waals surface area contributed by atoms with Crippen molar-refractivity contribution in [2.45, 2.75) is 32.3 Å². The number of carbonyl (C=O) groups is 4. The maximum absolute atomic E-state index is 12.3. The number of benzene rings is 3. The van der Waals surface area contributed by atoms with Gasteiger partial charge in [-0.3, -0.25) is 19.2 Å². The van der Waals surface area contributed by atoms with Crippen molar-refractivity contribution in [3.63, 3.8) is 0 Å². The lowest BCUT2D eigenvalue weighted by atomic mass is 10.1. The summed E-state index contributed by atoms with van der Waals surface area (Å²) in [5.74, 6) is -1.48. The van der Waals surface area contributed by atoms with Gasteiger partial charge in [0, 0.05) is 30.6 Å². The Morgan fingerprint density at radius 3 is 2.27 bits per heavy atom. The molecular weight excluding hydrogens is 420 g/mol. The Hall–Kier alpha value is -4.00. The van der Waals surface area contributed by atoms with Crippen LogP contribution in [0.25, 0.3) is 10.8 Å². The zero-order valence-corrected chi connectivity index (χ0v) is 18.4. The SMILES string of the molecule is C[C@@H](OC(=O)CCNC(=O)CCC(=O)c1ccccc1)C(=O)Nc1ccc2ccccc2c1. The van der Waals surface area contributed by atoms with Crippen LogP contribution in [0.1, 0.15) is 36.5 Å². The second-order valence-electron chi connectivity index (χ2n) is 7.57. The maximum atomic E-state index is 12.3. The number of fused-ring (bicyclic) bond motifs is 1. The molecule has 0 radical (unpaired) electrons. The third-order valence-corrected chi connectivity index (χ3v) is 5.02. The van der Waals surface area contributed by atoms with Crippen molar-refractivity contribution in [3.8, 4) is 0 Å². The monoisotopic (exact) mass is 446 g/mol. The van der Waals surface area contributed by atoms with E-state index in [9.17, 15) is 19.2 Å². The minimum Gasteiger partial charge on any atom is -0.452 e. The van der Waals surface area contributed by atoms with Crippen molar-refractivity contribution in [1.82, 2.24) is 5.32 Å².